The van der Waals surface area contributed by atoms with E-state index in [-0.39, 0.29) is 36.2 Å². The highest BCUT2D eigenvalue weighted by Gasteiger charge is 2.40. The number of methoxy groups -OCH3 is 1. The van der Waals surface area contributed by atoms with Crippen LogP contribution in [0.4, 0.5) is 4.79 Å². The molecule has 43 heavy (non-hydrogen) atoms. The maximum Gasteiger partial charge on any atom is 0.328 e. The van der Waals surface area contributed by atoms with Gasteiger partial charge >= 0.3 is 18.0 Å². The fourth-order valence-corrected chi connectivity index (χ4v) is 6.41. The van der Waals surface area contributed by atoms with Crippen molar-refractivity contribution in [1.82, 2.24) is 31.9 Å². The molecule has 2 rings (SSSR count). The Morgan fingerprint density at radius 3 is 2.26 bits per heavy atom. The molecular weight excluding hydrogens is 584 g/mol. The third-order valence-electron chi connectivity index (χ3n) is 7.02. The number of esters is 1. The molecule has 0 bridgehead atoms. The number of aliphatic carboxylic acids is 1. The van der Waals surface area contributed by atoms with Crippen LogP contribution in [0.2, 0.25) is 0 Å². The summed E-state index contributed by atoms with van der Waals surface area (Å²) in [6.45, 7) is 2.05. The summed E-state index contributed by atoms with van der Waals surface area (Å²) in [7, 11) is 1.10. The highest BCUT2D eigenvalue weighted by atomic mass is 32.2. The molecule has 6 amide bonds. The maximum absolute atomic E-state index is 12.7. The number of carbonyl (C=O) groups is 7. The van der Waals surface area contributed by atoms with Crippen LogP contribution < -0.4 is 31.9 Å². The number of hydrogen-bond acceptors (Lipinski definition) is 9. The summed E-state index contributed by atoms with van der Waals surface area (Å²) in [6, 6.07) is -2.40. The number of urea groups is 1. The number of carboxylic acids is 1. The first-order valence-corrected chi connectivity index (χ1v) is 15.6. The lowest BCUT2D eigenvalue weighted by molar-refractivity contribution is -0.146. The average molecular weight is 629 g/mol. The van der Waals surface area contributed by atoms with E-state index in [1.54, 1.807) is 11.8 Å². The predicted octanol–water partition coefficient (Wildman–Crippen LogP) is -0.120. The summed E-state index contributed by atoms with van der Waals surface area (Å²) in [6.07, 6.45) is 5.38. The maximum atomic E-state index is 12.7. The number of thioether (sulfide) groups is 1. The third kappa shape index (κ3) is 14.0. The first kappa shape index (κ1) is 35.6. The lowest BCUT2D eigenvalue weighted by Crippen LogP contribution is -2.53. The zero-order valence-corrected chi connectivity index (χ0v) is 25.5. The number of unbranched alkanes of at least 4 members (excludes halogenated alkanes) is 3. The Morgan fingerprint density at radius 1 is 0.930 bits per heavy atom. The molecule has 15 nitrogen and oxygen atoms in total. The molecule has 0 aliphatic carbocycles. The van der Waals surface area contributed by atoms with Crippen LogP contribution in [0.25, 0.3) is 0 Å². The first-order valence-electron chi connectivity index (χ1n) is 14.6. The Bertz CT molecular complexity index is 997. The lowest BCUT2D eigenvalue weighted by Gasteiger charge is -2.21. The van der Waals surface area contributed by atoms with E-state index in [2.05, 4.69) is 36.6 Å². The van der Waals surface area contributed by atoms with Gasteiger partial charge in [0.2, 0.25) is 23.6 Å². The van der Waals surface area contributed by atoms with Crippen LogP contribution in [0, 0.1) is 0 Å². The SMILES string of the molecule is COC(=O)[C@H](CCC(=O)O)NC(=O)[C@H](CC(=O)NCCCCCNC(=O)CCCCC1CC2NC(=O)NC2S1)NC(C)=O. The van der Waals surface area contributed by atoms with Crippen LogP contribution in [0.1, 0.15) is 77.6 Å². The fourth-order valence-electron chi connectivity index (χ4n) is 4.83. The molecule has 5 atom stereocenters. The zero-order valence-electron chi connectivity index (χ0n) is 24.7. The van der Waals surface area contributed by atoms with Gasteiger partial charge in [0.05, 0.1) is 24.9 Å². The Kier molecular flexibility index (Phi) is 15.6. The number of carboxylic acid groups (broad SMARTS) is 1. The molecule has 2 heterocycles. The van der Waals surface area contributed by atoms with Crippen LogP contribution in [-0.4, -0.2) is 95.7 Å². The monoisotopic (exact) mass is 628 g/mol. The number of nitrogens with one attached hydrogen (secondary N) is 6. The second-order valence-corrected chi connectivity index (χ2v) is 12.1. The van der Waals surface area contributed by atoms with Crippen molar-refractivity contribution in [3.8, 4) is 0 Å². The van der Waals surface area contributed by atoms with Crippen LogP contribution in [0.15, 0.2) is 0 Å². The molecule has 2 saturated heterocycles. The van der Waals surface area contributed by atoms with E-state index in [0.29, 0.717) is 31.2 Å². The molecule has 0 aromatic heterocycles. The predicted molar refractivity (Wildman–Crippen MR) is 157 cm³/mol. The number of ether oxygens (including phenoxy) is 1. The normalized spacial score (nSPS) is 20.0. The molecule has 0 aromatic rings. The summed E-state index contributed by atoms with van der Waals surface area (Å²) < 4.78 is 4.60. The smallest absolute Gasteiger partial charge is 0.328 e. The van der Waals surface area contributed by atoms with E-state index < -0.39 is 48.2 Å². The zero-order chi connectivity index (χ0) is 31.8. The van der Waals surface area contributed by atoms with Gasteiger partial charge in [-0.2, -0.15) is 0 Å². The highest BCUT2D eigenvalue weighted by molar-refractivity contribution is 8.00. The van der Waals surface area contributed by atoms with E-state index in [4.69, 9.17) is 5.11 Å². The number of hydrogen-bond donors (Lipinski definition) is 7. The third-order valence-corrected chi connectivity index (χ3v) is 8.57. The minimum absolute atomic E-state index is 0.0119. The van der Waals surface area contributed by atoms with Crippen molar-refractivity contribution in [3.05, 3.63) is 0 Å². The topological polar surface area (TPSA) is 221 Å². The molecular formula is C27H44N6O9S. The molecule has 16 heteroatoms. The van der Waals surface area contributed by atoms with Gasteiger partial charge in [0, 0.05) is 38.1 Å². The summed E-state index contributed by atoms with van der Waals surface area (Å²) >= 11 is 1.79. The summed E-state index contributed by atoms with van der Waals surface area (Å²) in [5.74, 6) is -3.84. The molecule has 0 radical (unpaired) electrons. The fraction of sp³-hybridized carbons (Fsp3) is 0.741. The van der Waals surface area contributed by atoms with Gasteiger partial charge < -0.3 is 41.7 Å². The summed E-state index contributed by atoms with van der Waals surface area (Å²) in [5.41, 5.74) is 0. The molecule has 2 fully saturated rings. The Morgan fingerprint density at radius 2 is 1.63 bits per heavy atom. The largest absolute Gasteiger partial charge is 0.481 e. The Balaban J connectivity index is 1.55. The van der Waals surface area contributed by atoms with E-state index in [1.165, 1.54) is 6.92 Å². The molecule has 2 aliphatic rings. The van der Waals surface area contributed by atoms with Crippen molar-refractivity contribution in [2.45, 2.75) is 106 Å². The van der Waals surface area contributed by atoms with Gasteiger partial charge in [-0.05, 0) is 44.9 Å². The van der Waals surface area contributed by atoms with Gasteiger partial charge in [-0.15, -0.1) is 11.8 Å². The lowest BCUT2D eigenvalue weighted by atomic mass is 10.1. The average Bonchev–Trinajstić information content (AvgIpc) is 3.48. The quantitative estimate of drug-likeness (QED) is 0.0700. The van der Waals surface area contributed by atoms with Crippen molar-refractivity contribution in [2.75, 3.05) is 20.2 Å². The minimum atomic E-state index is -1.26. The molecule has 0 saturated carbocycles. The van der Waals surface area contributed by atoms with Gasteiger partial charge in [-0.3, -0.25) is 24.0 Å². The van der Waals surface area contributed by atoms with Crippen LogP contribution in [0.5, 0.6) is 0 Å². The van der Waals surface area contributed by atoms with Gasteiger partial charge in [-0.25, -0.2) is 9.59 Å². The first-order chi connectivity index (χ1) is 20.5. The van der Waals surface area contributed by atoms with E-state index >= 15 is 0 Å². The molecule has 0 spiro atoms. The number of amides is 6. The minimum Gasteiger partial charge on any atom is -0.481 e. The highest BCUT2D eigenvalue weighted by Crippen LogP contribution is 2.37. The van der Waals surface area contributed by atoms with E-state index in [9.17, 15) is 33.6 Å². The second-order valence-electron chi connectivity index (χ2n) is 10.6. The van der Waals surface area contributed by atoms with Gasteiger partial charge in [-0.1, -0.05) is 6.42 Å². The van der Waals surface area contributed by atoms with Crippen LogP contribution in [0.3, 0.4) is 0 Å². The molecule has 0 aromatic carbocycles. The van der Waals surface area contributed by atoms with Crippen molar-refractivity contribution < 1.29 is 43.4 Å². The Labute approximate surface area is 255 Å². The second kappa shape index (κ2) is 18.9. The molecule has 242 valence electrons. The van der Waals surface area contributed by atoms with E-state index in [0.717, 1.165) is 45.6 Å². The standard InChI is InChI=1S/C27H44N6O9S/c1-16(34)30-19(24(39)31-18(26(40)42-2)10-11-23(37)38)15-22(36)29-13-7-3-6-12-28-21(35)9-5-4-8-17-14-20-25(43-17)33-27(41)32-20/h17-20,25H,3-15H2,1-2H3,(H,28,35)(H,29,36)(H,30,34)(H,31,39)(H,37,38)(H2,32,33,41)/t17?,18-,19-,20?,25?/m0/s1. The molecule has 3 unspecified atom stereocenters. The summed E-state index contributed by atoms with van der Waals surface area (Å²) in [5, 5.41) is 25.7. The molecule has 7 N–H and O–H groups in total. The van der Waals surface area contributed by atoms with Crippen LogP contribution >= 0.6 is 11.8 Å². The van der Waals surface area contributed by atoms with Gasteiger partial charge in [0.15, 0.2) is 0 Å². The number of rotatable bonds is 20. The van der Waals surface area contributed by atoms with Crippen molar-refractivity contribution >= 4 is 53.4 Å². The van der Waals surface area contributed by atoms with E-state index in [1.807, 2.05) is 0 Å². The number of carbonyl (C=O) groups excluding carboxylic acids is 6. The summed E-state index contributed by atoms with van der Waals surface area (Å²) in [4.78, 5) is 82.8. The van der Waals surface area contributed by atoms with Crippen molar-refractivity contribution in [2.24, 2.45) is 0 Å². The Hall–Kier alpha value is -3.56. The van der Waals surface area contributed by atoms with Crippen molar-refractivity contribution in [1.29, 1.82) is 0 Å². The molecule has 2 aliphatic heterocycles. The number of fused-ring (bicyclic) bond motifs is 1. The van der Waals surface area contributed by atoms with Gasteiger partial charge in [0.25, 0.3) is 0 Å². The van der Waals surface area contributed by atoms with Gasteiger partial charge in [0.1, 0.15) is 12.1 Å². The van der Waals surface area contributed by atoms with Crippen molar-refractivity contribution in [3.63, 3.8) is 0 Å². The van der Waals surface area contributed by atoms with Crippen LogP contribution in [-0.2, 0) is 33.5 Å².